The van der Waals surface area contributed by atoms with Crippen LogP contribution in [0.2, 0.25) is 0 Å². The summed E-state index contributed by atoms with van der Waals surface area (Å²) in [4.78, 5) is 6.74. The lowest BCUT2D eigenvalue weighted by molar-refractivity contribution is 0.179. The Morgan fingerprint density at radius 1 is 1.22 bits per heavy atom. The Balaban J connectivity index is 1.96. The summed E-state index contributed by atoms with van der Waals surface area (Å²) in [5.74, 6) is 1.30. The maximum absolute atomic E-state index is 5.88. The summed E-state index contributed by atoms with van der Waals surface area (Å²) in [5, 5.41) is 3.10. The van der Waals surface area contributed by atoms with Crippen molar-refractivity contribution in [1.29, 1.82) is 0 Å². The van der Waals surface area contributed by atoms with Gasteiger partial charge in [-0.3, -0.25) is 0 Å². The van der Waals surface area contributed by atoms with Crippen molar-refractivity contribution < 1.29 is 9.47 Å². The number of hydrogen-bond acceptors (Lipinski definition) is 4. The molecule has 0 fully saturated rings. The molecule has 3 N–H and O–H groups in total. The molecule has 23 heavy (non-hydrogen) atoms. The molecule has 124 valence electrons. The minimum Gasteiger partial charge on any atom is -0.497 e. The van der Waals surface area contributed by atoms with Crippen molar-refractivity contribution in [3.63, 3.8) is 0 Å². The first kappa shape index (κ1) is 17.3. The Kier molecular flexibility index (Phi) is 6.43. The number of guanidine groups is 1. The van der Waals surface area contributed by atoms with Crippen LogP contribution in [0, 0.1) is 0 Å². The molecule has 0 amide bonds. The van der Waals surface area contributed by atoms with Gasteiger partial charge in [0.05, 0.1) is 20.3 Å². The van der Waals surface area contributed by atoms with Crippen molar-refractivity contribution in [2.75, 3.05) is 20.8 Å². The molecule has 1 atom stereocenters. The molecule has 0 radical (unpaired) electrons. The molecular weight excluding hydrogens is 310 g/mol. The van der Waals surface area contributed by atoms with Crippen LogP contribution in [0.15, 0.2) is 41.4 Å². The van der Waals surface area contributed by atoms with E-state index in [0.29, 0.717) is 19.1 Å². The molecule has 0 bridgehead atoms. The number of benzene rings is 1. The molecule has 0 spiro atoms. The van der Waals surface area contributed by atoms with Crippen LogP contribution in [0.1, 0.15) is 11.8 Å². The number of nitrogens with two attached hydrogens (primary N) is 1. The highest BCUT2D eigenvalue weighted by Gasteiger charge is 2.05. The fourth-order valence-corrected chi connectivity index (χ4v) is 3.06. The number of aliphatic imine (C=N–C) groups is 1. The van der Waals surface area contributed by atoms with Gasteiger partial charge in [0.25, 0.3) is 0 Å². The smallest absolute Gasteiger partial charge is 0.189 e. The van der Waals surface area contributed by atoms with Crippen LogP contribution in [0.25, 0.3) is 10.4 Å². The van der Waals surface area contributed by atoms with Crippen LogP contribution < -0.4 is 15.8 Å². The maximum Gasteiger partial charge on any atom is 0.189 e. The fourth-order valence-electron chi connectivity index (χ4n) is 2.13. The largest absolute Gasteiger partial charge is 0.497 e. The van der Waals surface area contributed by atoms with E-state index in [4.69, 9.17) is 15.2 Å². The Morgan fingerprint density at radius 2 is 1.96 bits per heavy atom. The zero-order valence-corrected chi connectivity index (χ0v) is 14.5. The van der Waals surface area contributed by atoms with Gasteiger partial charge in [0.1, 0.15) is 5.75 Å². The first-order chi connectivity index (χ1) is 11.1. The van der Waals surface area contributed by atoms with Crippen LogP contribution >= 0.6 is 11.3 Å². The van der Waals surface area contributed by atoms with E-state index >= 15 is 0 Å². The molecule has 0 saturated heterocycles. The molecule has 1 aromatic heterocycles. The predicted molar refractivity (Wildman–Crippen MR) is 96.1 cm³/mol. The quantitative estimate of drug-likeness (QED) is 0.604. The number of ether oxygens (including phenoxy) is 2. The number of thiophene rings is 1. The summed E-state index contributed by atoms with van der Waals surface area (Å²) < 4.78 is 10.2. The van der Waals surface area contributed by atoms with Gasteiger partial charge in [-0.05, 0) is 48.9 Å². The van der Waals surface area contributed by atoms with E-state index in [2.05, 4.69) is 34.6 Å². The fraction of sp³-hybridized carbons (Fsp3) is 0.353. The van der Waals surface area contributed by atoms with E-state index in [1.807, 2.05) is 19.1 Å². The van der Waals surface area contributed by atoms with Crippen molar-refractivity contribution in [3.8, 4) is 16.2 Å². The van der Waals surface area contributed by atoms with Gasteiger partial charge >= 0.3 is 0 Å². The maximum atomic E-state index is 5.88. The molecule has 2 aromatic rings. The monoisotopic (exact) mass is 333 g/mol. The Hall–Kier alpha value is -2.05. The van der Waals surface area contributed by atoms with Gasteiger partial charge in [0.15, 0.2) is 5.96 Å². The van der Waals surface area contributed by atoms with Gasteiger partial charge in [-0.15, -0.1) is 11.3 Å². The van der Waals surface area contributed by atoms with E-state index in [1.54, 1.807) is 25.6 Å². The van der Waals surface area contributed by atoms with Crippen molar-refractivity contribution in [1.82, 2.24) is 5.32 Å². The highest BCUT2D eigenvalue weighted by atomic mass is 32.1. The number of nitrogens with zero attached hydrogens (tertiary/aromatic N) is 1. The first-order valence-corrected chi connectivity index (χ1v) is 8.22. The molecule has 0 aliphatic carbocycles. The number of rotatable bonds is 7. The summed E-state index contributed by atoms with van der Waals surface area (Å²) >= 11 is 1.71. The lowest BCUT2D eigenvalue weighted by atomic mass is 10.2. The van der Waals surface area contributed by atoms with E-state index in [1.165, 1.54) is 15.3 Å². The molecule has 0 aliphatic heterocycles. The number of nitrogens with one attached hydrogen (secondary N) is 1. The van der Waals surface area contributed by atoms with Gasteiger partial charge < -0.3 is 20.5 Å². The zero-order chi connectivity index (χ0) is 16.7. The van der Waals surface area contributed by atoms with E-state index in [-0.39, 0.29) is 6.04 Å². The predicted octanol–water partition coefficient (Wildman–Crippen LogP) is 2.86. The SMILES string of the molecule is COCC(C)NC(N)=NCc1ccc(-c2ccc(OC)cc2)s1. The average molecular weight is 333 g/mol. The van der Waals surface area contributed by atoms with E-state index in [9.17, 15) is 0 Å². The molecule has 1 heterocycles. The molecule has 1 unspecified atom stereocenters. The lowest BCUT2D eigenvalue weighted by Crippen LogP contribution is -2.40. The Bertz CT molecular complexity index is 638. The summed E-state index contributed by atoms with van der Waals surface area (Å²) in [6, 6.07) is 12.4. The van der Waals surface area contributed by atoms with Crippen LogP contribution in [0.5, 0.6) is 5.75 Å². The molecule has 2 rings (SSSR count). The van der Waals surface area contributed by atoms with Crippen LogP contribution in [-0.2, 0) is 11.3 Å². The molecule has 6 heteroatoms. The number of hydrogen-bond donors (Lipinski definition) is 2. The third-order valence-electron chi connectivity index (χ3n) is 3.25. The van der Waals surface area contributed by atoms with E-state index in [0.717, 1.165) is 5.75 Å². The summed E-state index contributed by atoms with van der Waals surface area (Å²) in [7, 11) is 3.33. The minimum absolute atomic E-state index is 0.141. The van der Waals surface area contributed by atoms with Crippen LogP contribution in [0.3, 0.4) is 0 Å². The van der Waals surface area contributed by atoms with E-state index < -0.39 is 0 Å². The highest BCUT2D eigenvalue weighted by molar-refractivity contribution is 7.15. The van der Waals surface area contributed by atoms with Crippen molar-refractivity contribution in [3.05, 3.63) is 41.3 Å². The average Bonchev–Trinajstić information content (AvgIpc) is 3.02. The summed E-state index contributed by atoms with van der Waals surface area (Å²) in [6.45, 7) is 3.16. The first-order valence-electron chi connectivity index (χ1n) is 7.41. The highest BCUT2D eigenvalue weighted by Crippen LogP contribution is 2.29. The van der Waals surface area contributed by atoms with Gasteiger partial charge in [0.2, 0.25) is 0 Å². The normalized spacial score (nSPS) is 12.9. The Morgan fingerprint density at radius 3 is 2.61 bits per heavy atom. The summed E-state index contributed by atoms with van der Waals surface area (Å²) in [5.41, 5.74) is 7.05. The molecule has 0 aliphatic rings. The van der Waals surface area contributed by atoms with Gasteiger partial charge in [-0.25, -0.2) is 4.99 Å². The van der Waals surface area contributed by atoms with Gasteiger partial charge in [-0.2, -0.15) is 0 Å². The van der Waals surface area contributed by atoms with Crippen LogP contribution in [-0.4, -0.2) is 32.8 Å². The standard InChI is InChI=1S/C17H23N3O2S/c1-12(11-21-2)20-17(18)19-10-15-8-9-16(23-15)13-4-6-14(22-3)7-5-13/h4-9,12H,10-11H2,1-3H3,(H3,18,19,20). The second-order valence-electron chi connectivity index (χ2n) is 5.20. The molecule has 1 aromatic carbocycles. The number of methoxy groups -OCH3 is 2. The molecule has 0 saturated carbocycles. The van der Waals surface area contributed by atoms with Gasteiger partial charge in [-0.1, -0.05) is 0 Å². The lowest BCUT2D eigenvalue weighted by Gasteiger charge is -2.12. The molecular formula is C17H23N3O2S. The van der Waals surface area contributed by atoms with Crippen molar-refractivity contribution in [2.24, 2.45) is 10.7 Å². The second kappa shape index (κ2) is 8.55. The van der Waals surface area contributed by atoms with Gasteiger partial charge in [0, 0.05) is 22.9 Å². The van der Waals surface area contributed by atoms with Crippen molar-refractivity contribution >= 4 is 17.3 Å². The third-order valence-corrected chi connectivity index (χ3v) is 4.37. The summed E-state index contributed by atoms with van der Waals surface area (Å²) in [6.07, 6.45) is 0. The van der Waals surface area contributed by atoms with Crippen molar-refractivity contribution in [2.45, 2.75) is 19.5 Å². The zero-order valence-electron chi connectivity index (χ0n) is 13.7. The minimum atomic E-state index is 0.141. The Labute approximate surface area is 141 Å². The second-order valence-corrected chi connectivity index (χ2v) is 6.36. The molecule has 5 nitrogen and oxygen atoms in total. The third kappa shape index (κ3) is 5.26. The van der Waals surface area contributed by atoms with Crippen LogP contribution in [0.4, 0.5) is 0 Å². The topological polar surface area (TPSA) is 68.9 Å².